The van der Waals surface area contributed by atoms with Crippen LogP contribution in [-0.4, -0.2) is 26.1 Å². The number of fused-ring (bicyclic) bond motifs is 11. The first-order valence-corrected chi connectivity index (χ1v) is 30.6. The molecule has 322 valence electrons. The van der Waals surface area contributed by atoms with E-state index in [1.807, 2.05) is 0 Å². The van der Waals surface area contributed by atoms with Gasteiger partial charge in [-0.2, -0.15) is 0 Å². The summed E-state index contributed by atoms with van der Waals surface area (Å²) in [7, 11) is -3.32. The highest BCUT2D eigenvalue weighted by Gasteiger charge is 2.52. The first-order chi connectivity index (χ1) is 32.4. The molecule has 0 fully saturated rings. The molecule has 12 rings (SSSR count). The predicted octanol–water partition coefficient (Wildman–Crippen LogP) is 15.4. The first kappa shape index (κ1) is 41.2. The number of hydrogen-bond acceptors (Lipinski definition) is 2. The highest BCUT2D eigenvalue weighted by molar-refractivity contribution is 6.89. The van der Waals surface area contributed by atoms with Gasteiger partial charge in [0.1, 0.15) is 0 Å². The van der Waals surface area contributed by atoms with Gasteiger partial charge in [-0.15, -0.1) is 0 Å². The molecule has 2 nitrogen and oxygen atoms in total. The summed E-state index contributed by atoms with van der Waals surface area (Å²) < 4.78 is 0. The van der Waals surface area contributed by atoms with Crippen LogP contribution in [0.2, 0.25) is 39.3 Å². The average Bonchev–Trinajstić information content (AvgIpc) is 3.82. The molecule has 1 spiro atoms. The van der Waals surface area contributed by atoms with E-state index in [4.69, 9.17) is 9.97 Å². The van der Waals surface area contributed by atoms with Gasteiger partial charge in [-0.3, -0.25) is 0 Å². The van der Waals surface area contributed by atoms with Crippen LogP contribution in [0.25, 0.3) is 89.2 Å². The van der Waals surface area contributed by atoms with Crippen molar-refractivity contribution >= 4 is 37.3 Å². The lowest BCUT2D eigenvalue weighted by Crippen LogP contribution is -2.40. The van der Waals surface area contributed by atoms with Crippen molar-refractivity contribution in [1.82, 2.24) is 9.97 Å². The molecule has 2 aliphatic rings. The van der Waals surface area contributed by atoms with Crippen molar-refractivity contribution in [3.05, 3.63) is 229 Å². The van der Waals surface area contributed by atoms with E-state index in [2.05, 4.69) is 246 Å². The molecule has 0 amide bonds. The lowest BCUT2D eigenvalue weighted by molar-refractivity contribution is 0.795. The molecule has 10 aromatic rings. The smallest absolute Gasteiger partial charge is 0.160 e. The van der Waals surface area contributed by atoms with E-state index in [1.54, 1.807) is 0 Å². The van der Waals surface area contributed by atoms with Crippen LogP contribution >= 0.6 is 0 Å². The zero-order valence-electron chi connectivity index (χ0n) is 39.0. The van der Waals surface area contributed by atoms with Gasteiger partial charge in [0.25, 0.3) is 0 Å². The van der Waals surface area contributed by atoms with Gasteiger partial charge < -0.3 is 0 Å². The maximum absolute atomic E-state index is 5.41. The van der Waals surface area contributed by atoms with Crippen molar-refractivity contribution in [1.29, 1.82) is 0 Å². The Morgan fingerprint density at radius 2 is 0.791 bits per heavy atom. The Kier molecular flexibility index (Phi) is 9.48. The van der Waals surface area contributed by atoms with Gasteiger partial charge in [0.15, 0.2) is 5.82 Å². The number of aromatic nitrogens is 2. The Balaban J connectivity index is 1.05. The second-order valence-electron chi connectivity index (χ2n) is 20.6. The second-order valence-corrected chi connectivity index (χ2v) is 30.7. The van der Waals surface area contributed by atoms with Crippen molar-refractivity contribution in [3.63, 3.8) is 0 Å². The molecule has 2 aliphatic carbocycles. The normalized spacial score (nSPS) is 13.3. The summed E-state index contributed by atoms with van der Waals surface area (Å²) in [6, 6.07) is 76.8. The zero-order chi connectivity index (χ0) is 45.7. The number of nitrogens with zero attached hydrogens (tertiary/aromatic N) is 2. The molecule has 0 atom stereocenters. The van der Waals surface area contributed by atoms with Crippen LogP contribution in [0, 0.1) is 0 Å². The molecular weight excluding hydrogens is 841 g/mol. The van der Waals surface area contributed by atoms with Gasteiger partial charge in [0.2, 0.25) is 0 Å². The van der Waals surface area contributed by atoms with E-state index >= 15 is 0 Å². The minimum absolute atomic E-state index is 0.436. The van der Waals surface area contributed by atoms with E-state index in [0.717, 1.165) is 39.2 Å². The Bertz CT molecular complexity index is 3540. The Morgan fingerprint density at radius 1 is 0.313 bits per heavy atom. The minimum Gasteiger partial charge on any atom is -0.228 e. The molecule has 0 radical (unpaired) electrons. The van der Waals surface area contributed by atoms with Gasteiger partial charge in [-0.25, -0.2) is 9.97 Å². The maximum Gasteiger partial charge on any atom is 0.160 e. The van der Waals surface area contributed by atoms with Gasteiger partial charge in [0.05, 0.1) is 33.0 Å². The highest BCUT2D eigenvalue weighted by atomic mass is 28.3. The SMILES string of the molecule is C[Si](C)(C)c1ccc2c(c1)C1(c3ccccc3-c3ccc(-c4cccc(-c5nc(-c6cccc(-c7ccccc7)c6)cc(-c6cccc7ccccc67)n5)c4)cc31)c1cc([Si](C)(C)C)ccc1-2. The van der Waals surface area contributed by atoms with Crippen LogP contribution in [0.1, 0.15) is 22.3 Å². The summed E-state index contributed by atoms with van der Waals surface area (Å²) in [5.41, 5.74) is 20.1. The number of hydrogen-bond donors (Lipinski definition) is 0. The Hall–Kier alpha value is -7.25. The average molecular weight is 893 g/mol. The van der Waals surface area contributed by atoms with Crippen molar-refractivity contribution in [2.75, 3.05) is 0 Å². The van der Waals surface area contributed by atoms with Crippen LogP contribution in [0.5, 0.6) is 0 Å². The van der Waals surface area contributed by atoms with Crippen LogP contribution < -0.4 is 10.4 Å². The molecule has 0 N–H and O–H groups in total. The predicted molar refractivity (Wildman–Crippen MR) is 289 cm³/mol. The highest BCUT2D eigenvalue weighted by Crippen LogP contribution is 2.63. The quantitative estimate of drug-likeness (QED) is 0.149. The van der Waals surface area contributed by atoms with E-state index in [0.29, 0.717) is 5.82 Å². The fourth-order valence-corrected chi connectivity index (χ4v) is 13.3. The second kappa shape index (κ2) is 15.4. The molecular formula is C63H52N2Si2. The largest absolute Gasteiger partial charge is 0.228 e. The molecule has 1 heterocycles. The summed E-state index contributed by atoms with van der Waals surface area (Å²) in [5, 5.41) is 5.35. The van der Waals surface area contributed by atoms with E-state index in [9.17, 15) is 0 Å². The molecule has 4 heteroatoms. The third-order valence-corrected chi connectivity index (χ3v) is 18.5. The Morgan fingerprint density at radius 3 is 1.51 bits per heavy atom. The molecule has 0 saturated heterocycles. The molecule has 9 aromatic carbocycles. The third kappa shape index (κ3) is 6.72. The fourth-order valence-electron chi connectivity index (χ4n) is 10.9. The summed E-state index contributed by atoms with van der Waals surface area (Å²) in [6.45, 7) is 14.8. The lowest BCUT2D eigenvalue weighted by atomic mass is 9.70. The van der Waals surface area contributed by atoms with Crippen molar-refractivity contribution in [3.8, 4) is 78.4 Å². The zero-order valence-corrected chi connectivity index (χ0v) is 41.0. The molecule has 1 aromatic heterocycles. The Labute approximate surface area is 396 Å². The molecule has 0 bridgehead atoms. The van der Waals surface area contributed by atoms with Crippen molar-refractivity contribution in [2.45, 2.75) is 44.7 Å². The van der Waals surface area contributed by atoms with Gasteiger partial charge in [-0.05, 0) is 102 Å². The topological polar surface area (TPSA) is 25.8 Å². The van der Waals surface area contributed by atoms with Crippen LogP contribution in [0.15, 0.2) is 206 Å². The van der Waals surface area contributed by atoms with Crippen molar-refractivity contribution in [2.24, 2.45) is 0 Å². The molecule has 67 heavy (non-hydrogen) atoms. The number of benzene rings is 9. The van der Waals surface area contributed by atoms with Gasteiger partial charge in [0, 0.05) is 16.7 Å². The van der Waals surface area contributed by atoms with E-state index in [-0.39, 0.29) is 0 Å². The number of rotatable bonds is 7. The van der Waals surface area contributed by atoms with Crippen LogP contribution in [-0.2, 0) is 5.41 Å². The fraction of sp³-hybridized carbons (Fsp3) is 0.111. The van der Waals surface area contributed by atoms with Gasteiger partial charge in [-0.1, -0.05) is 232 Å². The molecule has 0 aliphatic heterocycles. The minimum atomic E-state index is -1.66. The van der Waals surface area contributed by atoms with Crippen molar-refractivity contribution < 1.29 is 0 Å². The maximum atomic E-state index is 5.41. The summed E-state index contributed by atoms with van der Waals surface area (Å²) in [5.74, 6) is 0.703. The van der Waals surface area contributed by atoms with E-state index < -0.39 is 21.6 Å². The van der Waals surface area contributed by atoms with Gasteiger partial charge >= 0.3 is 0 Å². The van der Waals surface area contributed by atoms with E-state index in [1.165, 1.54) is 76.8 Å². The standard InChI is InChI=1S/C63H52N2Si2/c1-66(2,3)48-30-33-53-54-34-31-49(67(4,5)6)39-59(54)63(58(53)38-48)56-28-13-12-26-51(56)52-32-29-45(37-57(52)63)44-22-15-24-47(36-44)62-64-60(46-23-14-21-43(35-46)41-17-8-7-9-18-41)40-61(65-62)55-27-16-20-42-19-10-11-25-50(42)55/h7-40H,1-6H3. The molecule has 0 saturated carbocycles. The van der Waals surface area contributed by atoms with Crippen LogP contribution in [0.4, 0.5) is 0 Å². The summed E-state index contributed by atoms with van der Waals surface area (Å²) in [4.78, 5) is 10.8. The molecule has 0 unspecified atom stereocenters. The first-order valence-electron chi connectivity index (χ1n) is 23.6. The lowest BCUT2D eigenvalue weighted by Gasteiger charge is -2.32. The summed E-state index contributed by atoms with van der Waals surface area (Å²) in [6.07, 6.45) is 0. The summed E-state index contributed by atoms with van der Waals surface area (Å²) >= 11 is 0. The van der Waals surface area contributed by atoms with Crippen LogP contribution in [0.3, 0.4) is 0 Å². The third-order valence-electron chi connectivity index (χ3n) is 14.4. The monoisotopic (exact) mass is 892 g/mol.